The Kier molecular flexibility index (Phi) is 1.90. The Morgan fingerprint density at radius 2 is 2.29 bits per heavy atom. The third-order valence-electron chi connectivity index (χ3n) is 2.48. The molecule has 0 spiro atoms. The molecule has 1 atom stereocenters. The maximum atomic E-state index is 11.4. The summed E-state index contributed by atoms with van der Waals surface area (Å²) in [6.45, 7) is 0. The molecule has 2 aliphatic rings. The minimum atomic E-state index is -0.484. The number of carbonyl (C=O) groups excluding carboxylic acids is 2. The molecule has 4 N–H and O–H groups in total. The van der Waals surface area contributed by atoms with Crippen LogP contribution in [0, 0.1) is 5.41 Å². The summed E-state index contributed by atoms with van der Waals surface area (Å²) in [5.41, 5.74) is 5.06. The molecule has 6 nitrogen and oxygen atoms in total. The van der Waals surface area contributed by atoms with E-state index in [9.17, 15) is 9.59 Å². The minimum Gasteiger partial charge on any atom is -0.370 e. The minimum absolute atomic E-state index is 0.0358. The fourth-order valence-electron chi connectivity index (χ4n) is 1.71. The van der Waals surface area contributed by atoms with Crippen LogP contribution < -0.4 is 11.1 Å². The SMILES string of the molecule is N=C1NC(=O)N(C2CC2)C1CC(N)=O. The highest BCUT2D eigenvalue weighted by Crippen LogP contribution is 2.31. The topological polar surface area (TPSA) is 99.3 Å². The van der Waals surface area contributed by atoms with Crippen LogP contribution in [0.3, 0.4) is 0 Å². The summed E-state index contributed by atoms with van der Waals surface area (Å²) in [4.78, 5) is 23.7. The van der Waals surface area contributed by atoms with E-state index in [-0.39, 0.29) is 24.3 Å². The zero-order valence-corrected chi connectivity index (χ0v) is 7.62. The van der Waals surface area contributed by atoms with E-state index in [1.807, 2.05) is 0 Å². The lowest BCUT2D eigenvalue weighted by atomic mass is 10.1. The van der Waals surface area contributed by atoms with Crippen LogP contribution in [0.2, 0.25) is 0 Å². The van der Waals surface area contributed by atoms with Gasteiger partial charge in [-0.1, -0.05) is 0 Å². The first-order valence-electron chi connectivity index (χ1n) is 4.55. The van der Waals surface area contributed by atoms with Gasteiger partial charge in [-0.2, -0.15) is 0 Å². The van der Waals surface area contributed by atoms with Gasteiger partial charge in [0.2, 0.25) is 5.91 Å². The molecular formula is C8H12N4O2. The van der Waals surface area contributed by atoms with Gasteiger partial charge in [0.15, 0.2) is 0 Å². The Balaban J connectivity index is 2.13. The van der Waals surface area contributed by atoms with Crippen molar-refractivity contribution in [2.75, 3.05) is 0 Å². The van der Waals surface area contributed by atoms with Crippen LogP contribution in [0.15, 0.2) is 0 Å². The lowest BCUT2D eigenvalue weighted by molar-refractivity contribution is -0.118. The van der Waals surface area contributed by atoms with Gasteiger partial charge in [0, 0.05) is 6.04 Å². The molecule has 1 saturated heterocycles. The van der Waals surface area contributed by atoms with Gasteiger partial charge in [-0.05, 0) is 12.8 Å². The number of amidine groups is 1. The molecule has 1 aliphatic heterocycles. The van der Waals surface area contributed by atoms with Crippen molar-refractivity contribution in [2.24, 2.45) is 5.73 Å². The van der Waals surface area contributed by atoms with Gasteiger partial charge < -0.3 is 10.6 Å². The molecule has 0 aromatic heterocycles. The summed E-state index contributed by atoms with van der Waals surface area (Å²) < 4.78 is 0. The van der Waals surface area contributed by atoms with Gasteiger partial charge in [-0.3, -0.25) is 15.5 Å². The van der Waals surface area contributed by atoms with Crippen LogP contribution in [0.25, 0.3) is 0 Å². The quantitative estimate of drug-likeness (QED) is 0.561. The van der Waals surface area contributed by atoms with Gasteiger partial charge in [-0.15, -0.1) is 0 Å². The Morgan fingerprint density at radius 1 is 1.64 bits per heavy atom. The Bertz CT molecular complexity index is 310. The van der Waals surface area contributed by atoms with Crippen LogP contribution >= 0.6 is 0 Å². The first kappa shape index (κ1) is 8.98. The highest BCUT2D eigenvalue weighted by atomic mass is 16.2. The van der Waals surface area contributed by atoms with Crippen LogP contribution in [-0.2, 0) is 4.79 Å². The van der Waals surface area contributed by atoms with Gasteiger partial charge in [0.1, 0.15) is 11.9 Å². The fourth-order valence-corrected chi connectivity index (χ4v) is 1.71. The van der Waals surface area contributed by atoms with Crippen molar-refractivity contribution in [2.45, 2.75) is 31.3 Å². The molecule has 2 fully saturated rings. The Hall–Kier alpha value is -1.59. The normalized spacial score (nSPS) is 26.6. The van der Waals surface area contributed by atoms with Crippen LogP contribution in [0.4, 0.5) is 4.79 Å². The predicted octanol–water partition coefficient (Wildman–Crippen LogP) is -0.605. The van der Waals surface area contributed by atoms with E-state index in [4.69, 9.17) is 11.1 Å². The number of nitrogens with zero attached hydrogens (tertiary/aromatic N) is 1. The van der Waals surface area contributed by atoms with Crippen LogP contribution in [-0.4, -0.2) is 34.8 Å². The van der Waals surface area contributed by atoms with Crippen molar-refractivity contribution in [3.8, 4) is 0 Å². The molecule has 0 aromatic rings. The number of nitrogens with two attached hydrogens (primary N) is 1. The number of amides is 3. The number of nitrogens with one attached hydrogen (secondary N) is 2. The number of hydrogen-bond acceptors (Lipinski definition) is 3. The molecule has 6 heteroatoms. The molecule has 0 radical (unpaired) electrons. The number of primary amides is 1. The van der Waals surface area contributed by atoms with E-state index in [0.717, 1.165) is 12.8 Å². The van der Waals surface area contributed by atoms with Gasteiger partial charge >= 0.3 is 6.03 Å². The molecule has 1 aliphatic carbocycles. The maximum absolute atomic E-state index is 11.4. The van der Waals surface area contributed by atoms with E-state index in [1.54, 1.807) is 4.90 Å². The predicted molar refractivity (Wildman–Crippen MR) is 48.7 cm³/mol. The summed E-state index contributed by atoms with van der Waals surface area (Å²) in [6.07, 6.45) is 1.94. The third-order valence-corrected chi connectivity index (χ3v) is 2.48. The highest BCUT2D eigenvalue weighted by molar-refractivity contribution is 6.07. The van der Waals surface area contributed by atoms with Crippen molar-refractivity contribution in [3.63, 3.8) is 0 Å². The highest BCUT2D eigenvalue weighted by Gasteiger charge is 2.44. The monoisotopic (exact) mass is 196 g/mol. The largest absolute Gasteiger partial charge is 0.370 e. The first-order valence-corrected chi connectivity index (χ1v) is 4.55. The summed E-state index contributed by atoms with van der Waals surface area (Å²) in [6, 6.07) is -0.543. The van der Waals surface area contributed by atoms with Gasteiger partial charge in [0.25, 0.3) is 0 Å². The molecule has 76 valence electrons. The molecule has 14 heavy (non-hydrogen) atoms. The smallest absolute Gasteiger partial charge is 0.323 e. The van der Waals surface area contributed by atoms with Crippen molar-refractivity contribution in [3.05, 3.63) is 0 Å². The van der Waals surface area contributed by atoms with E-state index < -0.39 is 11.9 Å². The number of carbonyl (C=O) groups is 2. The van der Waals surface area contributed by atoms with E-state index in [1.165, 1.54) is 0 Å². The van der Waals surface area contributed by atoms with E-state index in [2.05, 4.69) is 5.32 Å². The zero-order chi connectivity index (χ0) is 10.3. The first-order chi connectivity index (χ1) is 6.59. The molecule has 0 bridgehead atoms. The number of rotatable bonds is 3. The lowest BCUT2D eigenvalue weighted by Gasteiger charge is -2.20. The molecule has 1 saturated carbocycles. The second-order valence-corrected chi connectivity index (χ2v) is 3.67. The van der Waals surface area contributed by atoms with Crippen molar-refractivity contribution >= 4 is 17.8 Å². The summed E-state index contributed by atoms with van der Waals surface area (Å²) in [5.74, 6) is -0.400. The molecule has 2 rings (SSSR count). The van der Waals surface area contributed by atoms with E-state index in [0.29, 0.717) is 0 Å². The summed E-state index contributed by atoms with van der Waals surface area (Å²) in [7, 11) is 0. The Morgan fingerprint density at radius 3 is 2.79 bits per heavy atom. The molecule has 0 aromatic carbocycles. The maximum Gasteiger partial charge on any atom is 0.323 e. The van der Waals surface area contributed by atoms with Crippen molar-refractivity contribution in [1.29, 1.82) is 5.41 Å². The standard InChI is InChI=1S/C8H12N4O2/c9-6(13)3-5-7(10)11-8(14)12(5)4-1-2-4/h4-5H,1-3H2,(H2,9,13)(H2,10,11,14). The average molecular weight is 196 g/mol. The third kappa shape index (κ3) is 1.43. The summed E-state index contributed by atoms with van der Waals surface area (Å²) >= 11 is 0. The zero-order valence-electron chi connectivity index (χ0n) is 7.62. The van der Waals surface area contributed by atoms with Crippen LogP contribution in [0.1, 0.15) is 19.3 Å². The van der Waals surface area contributed by atoms with Crippen LogP contribution in [0.5, 0.6) is 0 Å². The number of urea groups is 1. The molecule has 1 unspecified atom stereocenters. The van der Waals surface area contributed by atoms with Gasteiger partial charge in [-0.25, -0.2) is 4.79 Å². The molecule has 3 amide bonds. The Labute approximate surface area is 80.9 Å². The van der Waals surface area contributed by atoms with Gasteiger partial charge in [0.05, 0.1) is 6.42 Å². The second-order valence-electron chi connectivity index (χ2n) is 3.67. The van der Waals surface area contributed by atoms with E-state index >= 15 is 0 Å². The summed E-state index contributed by atoms with van der Waals surface area (Å²) in [5, 5.41) is 9.91. The molecular weight excluding hydrogens is 184 g/mol. The average Bonchev–Trinajstić information content (AvgIpc) is 2.82. The fraction of sp³-hybridized carbons (Fsp3) is 0.625. The lowest BCUT2D eigenvalue weighted by Crippen LogP contribution is -2.39. The second kappa shape index (κ2) is 2.97. The molecule has 1 heterocycles. The van der Waals surface area contributed by atoms with Crippen molar-refractivity contribution in [1.82, 2.24) is 10.2 Å². The van der Waals surface area contributed by atoms with Crippen molar-refractivity contribution < 1.29 is 9.59 Å². The number of hydrogen-bond donors (Lipinski definition) is 3.